The van der Waals surface area contributed by atoms with Gasteiger partial charge in [0.05, 0.1) is 5.69 Å². The molecule has 194 valence electrons. The lowest BCUT2D eigenvalue weighted by atomic mass is 10.1. The van der Waals surface area contributed by atoms with Crippen LogP contribution in [0.25, 0.3) is 0 Å². The van der Waals surface area contributed by atoms with Crippen molar-refractivity contribution in [1.29, 1.82) is 0 Å². The fourth-order valence-electron chi connectivity index (χ4n) is 3.16. The first kappa shape index (κ1) is 29.0. The number of hydrogen-bond donors (Lipinski definition) is 6. The van der Waals surface area contributed by atoms with E-state index in [1.54, 1.807) is 47.8 Å². The van der Waals surface area contributed by atoms with Crippen molar-refractivity contribution >= 4 is 84.3 Å². The fourth-order valence-corrected chi connectivity index (χ4v) is 6.02. The quantitative estimate of drug-likeness (QED) is 0.0475. The molecule has 0 aliphatic heterocycles. The van der Waals surface area contributed by atoms with Gasteiger partial charge in [0.15, 0.2) is 5.57 Å². The average molecular weight is 675 g/mol. The summed E-state index contributed by atoms with van der Waals surface area (Å²) in [5.41, 5.74) is 7.34. The largest absolute Gasteiger partial charge is 0.501 e. The summed E-state index contributed by atoms with van der Waals surface area (Å²) in [7, 11) is -1.33. The van der Waals surface area contributed by atoms with Crippen molar-refractivity contribution in [2.75, 3.05) is 11.0 Å². The number of nitrogens with one attached hydrogen (secondary N) is 1. The molecule has 1 heterocycles. The Labute approximate surface area is 233 Å². The van der Waals surface area contributed by atoms with E-state index in [0.717, 1.165) is 0 Å². The second-order valence-electron chi connectivity index (χ2n) is 7.53. The van der Waals surface area contributed by atoms with Gasteiger partial charge in [-0.05, 0) is 63.8 Å². The van der Waals surface area contributed by atoms with Crippen molar-refractivity contribution in [1.82, 2.24) is 0 Å². The summed E-state index contributed by atoms with van der Waals surface area (Å²) in [5, 5.41) is 20.6. The number of anilines is 1. The lowest BCUT2D eigenvalue weighted by Crippen LogP contribution is -2.87. The molecule has 14 heteroatoms. The number of nitrogens with two attached hydrogens (primary N) is 3. The zero-order valence-corrected chi connectivity index (χ0v) is 24.1. The molecule has 0 fully saturated rings. The molecule has 0 aliphatic rings. The maximum absolute atomic E-state index is 13.3. The van der Waals surface area contributed by atoms with Crippen LogP contribution in [0.1, 0.15) is 10.4 Å². The van der Waals surface area contributed by atoms with Gasteiger partial charge in [0.1, 0.15) is 39.9 Å². The van der Waals surface area contributed by atoms with E-state index >= 15 is 0 Å². The lowest BCUT2D eigenvalue weighted by Gasteiger charge is -2.12. The number of quaternary nitrogens is 1. The highest BCUT2D eigenvalue weighted by Gasteiger charge is 2.29. The molecule has 9 N–H and O–H groups in total. The molecule has 2 aromatic carbocycles. The van der Waals surface area contributed by atoms with Gasteiger partial charge in [-0.25, -0.2) is 23.8 Å². The Bertz CT molecular complexity index is 1380. The Morgan fingerprint density at radius 3 is 2.59 bits per heavy atom. The summed E-state index contributed by atoms with van der Waals surface area (Å²) < 4.78 is 27.5. The van der Waals surface area contributed by atoms with E-state index < -0.39 is 34.3 Å². The number of benzene rings is 2. The first-order valence-corrected chi connectivity index (χ1v) is 17.0. The van der Waals surface area contributed by atoms with Crippen LogP contribution in [0.15, 0.2) is 76.3 Å². The van der Waals surface area contributed by atoms with Gasteiger partial charge >= 0.3 is 5.91 Å². The van der Waals surface area contributed by atoms with E-state index in [2.05, 4.69) is 9.71 Å². The van der Waals surface area contributed by atoms with Crippen LogP contribution >= 0.6 is 39.2 Å². The smallest absolute Gasteiger partial charge is 0.350 e. The first-order valence-electron chi connectivity index (χ1n) is 10.5. The summed E-state index contributed by atoms with van der Waals surface area (Å²) >= 11 is 3.11. The zero-order valence-electron chi connectivity index (χ0n) is 19.4. The predicted octanol–water partition coefficient (Wildman–Crippen LogP) is 1.30. The second kappa shape index (κ2) is 13.3. The number of aliphatic hydroxyl groups is 1. The van der Waals surface area contributed by atoms with Crippen LogP contribution in [0.2, 0.25) is 0 Å². The van der Waals surface area contributed by atoms with Gasteiger partial charge in [-0.15, -0.1) is 11.3 Å². The number of amidine groups is 1. The first-order chi connectivity index (χ1) is 17.6. The van der Waals surface area contributed by atoms with Crippen molar-refractivity contribution in [3.05, 3.63) is 87.6 Å². The van der Waals surface area contributed by atoms with E-state index in [0.29, 0.717) is 21.4 Å². The Hall–Kier alpha value is -2.55. The molecule has 1 aromatic heterocycles. The number of primary amides is 1. The molecule has 0 spiro atoms. The van der Waals surface area contributed by atoms with Crippen molar-refractivity contribution in [3.63, 3.8) is 0 Å². The maximum Gasteiger partial charge on any atom is 0.350 e. The van der Waals surface area contributed by atoms with Gasteiger partial charge in [0.25, 0.3) is 5.71 Å². The minimum atomic E-state index is -1.68. The number of amides is 1. The van der Waals surface area contributed by atoms with Gasteiger partial charge in [-0.2, -0.15) is 0 Å². The van der Waals surface area contributed by atoms with Crippen LogP contribution < -0.4 is 26.5 Å². The molecule has 1 amide bonds. The monoisotopic (exact) mass is 675 g/mol. The highest BCUT2D eigenvalue weighted by Crippen LogP contribution is 2.42. The van der Waals surface area contributed by atoms with Crippen LogP contribution in [0.4, 0.5) is 15.8 Å². The fraction of sp³-hybridized carbons (Fsp3) is 0.0870. The van der Waals surface area contributed by atoms with Crippen molar-refractivity contribution < 1.29 is 34.1 Å². The molecular weight excluding hydrogens is 651 g/mol. The van der Waals surface area contributed by atoms with Crippen LogP contribution in [-0.2, 0) is 22.3 Å². The minimum absolute atomic E-state index is 0.0461. The SMILES string of the molecule is CS(=O)Nc1ccc(N=C(N)/C(C(=O)[NH2+]Cc2ccc(F)cc2)=C(\O)C(=[NH2+])c2cccs2)c(P(O)I)c1. The number of carbonyl (C=O) groups excluding carboxylic acids is 1. The van der Waals surface area contributed by atoms with Crippen LogP contribution in [0.3, 0.4) is 0 Å². The molecule has 3 aromatic rings. The molecule has 0 saturated heterocycles. The van der Waals surface area contributed by atoms with E-state index in [-0.39, 0.29) is 29.4 Å². The average Bonchev–Trinajstić information content (AvgIpc) is 3.39. The summed E-state index contributed by atoms with van der Waals surface area (Å²) in [6, 6.07) is 13.8. The topological polar surface area (TPSA) is 167 Å². The van der Waals surface area contributed by atoms with E-state index in [1.807, 2.05) is 22.0 Å². The number of halogens is 2. The van der Waals surface area contributed by atoms with Crippen LogP contribution in [-0.4, -0.2) is 37.9 Å². The zero-order chi connectivity index (χ0) is 27.1. The molecule has 3 rings (SSSR count). The summed E-state index contributed by atoms with van der Waals surface area (Å²) in [5.74, 6) is -3.56. The molecule has 0 aliphatic carbocycles. The van der Waals surface area contributed by atoms with Gasteiger partial charge in [-0.3, -0.25) is 5.32 Å². The van der Waals surface area contributed by atoms with E-state index in [1.165, 1.54) is 35.0 Å². The Kier molecular flexibility index (Phi) is 10.4. The normalized spacial score (nSPS) is 14.0. The van der Waals surface area contributed by atoms with Crippen molar-refractivity contribution in [3.8, 4) is 0 Å². The number of thiophene rings is 1. The molecule has 0 saturated carbocycles. The Morgan fingerprint density at radius 1 is 1.30 bits per heavy atom. The third-order valence-electron chi connectivity index (χ3n) is 4.89. The van der Waals surface area contributed by atoms with Gasteiger partial charge in [0, 0.05) is 22.8 Å². The maximum atomic E-state index is 13.3. The molecular formula is C23H24FIN5O4PS2+2. The van der Waals surface area contributed by atoms with E-state index in [4.69, 9.17) is 11.1 Å². The number of hydrogen-bond acceptors (Lipinski definition) is 6. The molecule has 9 nitrogen and oxygen atoms in total. The molecule has 2 unspecified atom stereocenters. The second-order valence-corrected chi connectivity index (χ2v) is 13.3. The molecule has 37 heavy (non-hydrogen) atoms. The predicted molar refractivity (Wildman–Crippen MR) is 155 cm³/mol. The highest BCUT2D eigenvalue weighted by atomic mass is 127. The summed E-state index contributed by atoms with van der Waals surface area (Å²) in [4.78, 5) is 28.5. The summed E-state index contributed by atoms with van der Waals surface area (Å²) in [6.45, 7) is 0.150. The molecule has 2 atom stereocenters. The Balaban J connectivity index is 2.02. The highest BCUT2D eigenvalue weighted by molar-refractivity contribution is 14.2. The molecule has 0 bridgehead atoms. The third kappa shape index (κ3) is 7.97. The Morgan fingerprint density at radius 2 is 2.00 bits per heavy atom. The van der Waals surface area contributed by atoms with Crippen LogP contribution in [0, 0.1) is 5.82 Å². The standard InChI is InChI=1S/C23H22FIN5O4PS2/c1-37(34)30-15-8-9-16(17(11-15)35(25)33)29-22(27)19(21(31)20(26)18-3-2-10-36-18)23(32)28-12-13-4-6-14(24)7-5-13/h2-11,26,30-31,33H,12H2,1H3,(H2,27,29)(H,28,32)/p+2/b21-19+,26-20?. The number of rotatable bonds is 10. The third-order valence-corrected chi connectivity index (χ3v) is 8.64. The van der Waals surface area contributed by atoms with Crippen LogP contribution in [0.5, 0.6) is 0 Å². The van der Waals surface area contributed by atoms with E-state index in [9.17, 15) is 23.4 Å². The molecule has 0 radical (unpaired) electrons. The van der Waals surface area contributed by atoms with Crippen molar-refractivity contribution in [2.45, 2.75) is 6.54 Å². The van der Waals surface area contributed by atoms with Gasteiger partial charge in [0.2, 0.25) is 5.76 Å². The number of carbonyl (C=O) groups is 1. The number of aliphatic imine (C=N–C) groups is 1. The van der Waals surface area contributed by atoms with Crippen molar-refractivity contribution in [2.24, 2.45) is 10.7 Å². The number of aliphatic hydroxyl groups excluding tert-OH is 1. The lowest BCUT2D eigenvalue weighted by molar-refractivity contribution is -0.581. The van der Waals surface area contributed by atoms with Gasteiger partial charge < -0.3 is 20.5 Å². The van der Waals surface area contributed by atoms with Gasteiger partial charge in [-0.1, -0.05) is 18.2 Å². The number of allylic oxidation sites excluding steroid dienone is 1. The summed E-state index contributed by atoms with van der Waals surface area (Å²) in [6.07, 6.45) is 1.47. The number of nitrogens with zero attached hydrogens (tertiary/aromatic N) is 1. The minimum Gasteiger partial charge on any atom is -0.501 e.